The molecule has 27 heavy (non-hydrogen) atoms. The van der Waals surface area contributed by atoms with Crippen molar-refractivity contribution in [1.82, 2.24) is 0 Å². The van der Waals surface area contributed by atoms with Crippen molar-refractivity contribution in [3.63, 3.8) is 0 Å². The van der Waals surface area contributed by atoms with E-state index in [9.17, 15) is 13.2 Å². The van der Waals surface area contributed by atoms with Gasteiger partial charge >= 0.3 is 5.97 Å². The number of rotatable bonds is 10. The zero-order valence-corrected chi connectivity index (χ0v) is 16.5. The number of carbonyl (C=O) groups is 1. The van der Waals surface area contributed by atoms with Crippen molar-refractivity contribution in [3.8, 4) is 0 Å². The van der Waals surface area contributed by atoms with Gasteiger partial charge in [0.1, 0.15) is 0 Å². The van der Waals surface area contributed by atoms with Crippen molar-refractivity contribution < 1.29 is 22.1 Å². The average Bonchev–Trinajstić information content (AvgIpc) is 2.69. The van der Waals surface area contributed by atoms with E-state index in [1.807, 2.05) is 19.9 Å². The van der Waals surface area contributed by atoms with Gasteiger partial charge in [-0.2, -0.15) is 8.42 Å². The number of hydrogen-bond donors (Lipinski definition) is 0. The van der Waals surface area contributed by atoms with Crippen LogP contribution >= 0.6 is 0 Å². The van der Waals surface area contributed by atoms with E-state index in [1.54, 1.807) is 42.5 Å². The van der Waals surface area contributed by atoms with E-state index in [0.717, 1.165) is 6.42 Å². The van der Waals surface area contributed by atoms with Crippen LogP contribution in [0.15, 0.2) is 65.6 Å². The minimum absolute atomic E-state index is 0.110. The summed E-state index contributed by atoms with van der Waals surface area (Å²) in [6.07, 6.45) is 1.41. The molecule has 0 aromatic heterocycles. The Morgan fingerprint density at radius 1 is 0.963 bits per heavy atom. The van der Waals surface area contributed by atoms with Crippen molar-refractivity contribution >= 4 is 16.1 Å². The molecule has 0 spiro atoms. The topological polar surface area (TPSA) is 69.7 Å². The molecule has 0 bridgehead atoms. The number of benzene rings is 2. The molecule has 0 heterocycles. The molecule has 2 rings (SSSR count). The van der Waals surface area contributed by atoms with E-state index in [-0.39, 0.29) is 17.4 Å². The zero-order valence-electron chi connectivity index (χ0n) is 15.7. The monoisotopic (exact) mass is 390 g/mol. The normalized spacial score (nSPS) is 13.7. The molecule has 0 amide bonds. The van der Waals surface area contributed by atoms with E-state index >= 15 is 0 Å². The predicted molar refractivity (Wildman–Crippen MR) is 104 cm³/mol. The van der Waals surface area contributed by atoms with Crippen LogP contribution in [0.4, 0.5) is 0 Å². The van der Waals surface area contributed by atoms with Crippen LogP contribution in [0, 0.1) is 5.92 Å². The van der Waals surface area contributed by atoms with Gasteiger partial charge in [-0.25, -0.2) is 4.79 Å². The molecule has 0 fully saturated rings. The van der Waals surface area contributed by atoms with Crippen molar-refractivity contribution in [2.24, 2.45) is 5.92 Å². The summed E-state index contributed by atoms with van der Waals surface area (Å²) in [6, 6.07) is 16.8. The van der Waals surface area contributed by atoms with Gasteiger partial charge in [0, 0.05) is 5.92 Å². The van der Waals surface area contributed by atoms with Crippen molar-refractivity contribution in [3.05, 3.63) is 66.2 Å². The van der Waals surface area contributed by atoms with Crippen LogP contribution in [0.2, 0.25) is 0 Å². The third-order valence-corrected chi connectivity index (χ3v) is 5.69. The van der Waals surface area contributed by atoms with E-state index < -0.39 is 22.2 Å². The van der Waals surface area contributed by atoms with Crippen molar-refractivity contribution in [1.29, 1.82) is 0 Å². The first kappa shape index (κ1) is 21.1. The molecule has 5 nitrogen and oxygen atoms in total. The van der Waals surface area contributed by atoms with Gasteiger partial charge < -0.3 is 4.74 Å². The second-order valence-corrected chi connectivity index (χ2v) is 7.90. The highest BCUT2D eigenvalue weighted by molar-refractivity contribution is 7.86. The predicted octanol–water partition coefficient (Wildman–Crippen LogP) is 4.44. The third-order valence-electron chi connectivity index (χ3n) is 4.34. The minimum Gasteiger partial charge on any atom is -0.462 e. The maximum absolute atomic E-state index is 12.6. The first-order chi connectivity index (χ1) is 13.0. The molecule has 0 aliphatic rings. The molecule has 0 radical (unpaired) electrons. The van der Waals surface area contributed by atoms with E-state index in [0.29, 0.717) is 18.4 Å². The number of ether oxygens (including phenoxy) is 1. The average molecular weight is 391 g/mol. The molecule has 2 aromatic carbocycles. The Morgan fingerprint density at radius 3 is 2.11 bits per heavy atom. The van der Waals surface area contributed by atoms with E-state index in [4.69, 9.17) is 8.92 Å². The van der Waals surface area contributed by atoms with Gasteiger partial charge in [-0.1, -0.05) is 56.7 Å². The second kappa shape index (κ2) is 10.2. The molecule has 2 unspecified atom stereocenters. The Balaban J connectivity index is 2.07. The Morgan fingerprint density at radius 2 is 1.56 bits per heavy atom. The Hall–Kier alpha value is -2.18. The zero-order chi connectivity index (χ0) is 19.7. The summed E-state index contributed by atoms with van der Waals surface area (Å²) in [6.45, 7) is 4.01. The smallest absolute Gasteiger partial charge is 0.338 e. The molecule has 2 aromatic rings. The van der Waals surface area contributed by atoms with Gasteiger partial charge in [-0.05, 0) is 37.1 Å². The standard InChI is InChI=1S/C21H26O5S/c1-3-11-20(26-27(23,24)19-14-9-6-10-15-19)17(4-2)16-25-21(22)18-12-7-5-8-13-18/h5-10,12-15,17,20H,3-4,11,16H2,1-2H3. The first-order valence-corrected chi connectivity index (χ1v) is 10.6. The van der Waals surface area contributed by atoms with Gasteiger partial charge in [0.15, 0.2) is 0 Å². The molecular formula is C21H26O5S. The molecule has 0 aliphatic carbocycles. The van der Waals surface area contributed by atoms with Gasteiger partial charge in [0.05, 0.1) is 23.2 Å². The van der Waals surface area contributed by atoms with Crippen LogP contribution in [-0.2, 0) is 19.0 Å². The fourth-order valence-corrected chi connectivity index (χ4v) is 3.96. The third kappa shape index (κ3) is 6.19. The lowest BCUT2D eigenvalue weighted by atomic mass is 9.97. The molecule has 2 atom stereocenters. The SMILES string of the molecule is CCCC(OS(=O)(=O)c1ccccc1)C(CC)COC(=O)c1ccccc1. The van der Waals surface area contributed by atoms with Crippen LogP contribution in [0.25, 0.3) is 0 Å². The van der Waals surface area contributed by atoms with Gasteiger partial charge in [0.2, 0.25) is 0 Å². The lowest BCUT2D eigenvalue weighted by Gasteiger charge is -2.25. The molecule has 6 heteroatoms. The first-order valence-electron chi connectivity index (χ1n) is 9.18. The molecule has 0 N–H and O–H groups in total. The highest BCUT2D eigenvalue weighted by Gasteiger charge is 2.28. The lowest BCUT2D eigenvalue weighted by molar-refractivity contribution is 0.0270. The maximum atomic E-state index is 12.6. The summed E-state index contributed by atoms with van der Waals surface area (Å²) in [5, 5.41) is 0. The Kier molecular flexibility index (Phi) is 8.00. The summed E-state index contributed by atoms with van der Waals surface area (Å²) in [4.78, 5) is 12.3. The van der Waals surface area contributed by atoms with Gasteiger partial charge in [-0.15, -0.1) is 0 Å². The van der Waals surface area contributed by atoms with E-state index in [2.05, 4.69) is 0 Å². The summed E-state index contributed by atoms with van der Waals surface area (Å²) in [5.41, 5.74) is 0.470. The van der Waals surface area contributed by atoms with Gasteiger partial charge in [-0.3, -0.25) is 4.18 Å². The summed E-state index contributed by atoms with van der Waals surface area (Å²) in [5.74, 6) is -0.633. The van der Waals surface area contributed by atoms with Crippen molar-refractivity contribution in [2.45, 2.75) is 44.1 Å². The van der Waals surface area contributed by atoms with E-state index in [1.165, 1.54) is 12.1 Å². The van der Waals surface area contributed by atoms with Crippen molar-refractivity contribution in [2.75, 3.05) is 6.61 Å². The molecule has 0 aliphatic heterocycles. The number of esters is 1. The number of carbonyl (C=O) groups excluding carboxylic acids is 1. The highest BCUT2D eigenvalue weighted by Crippen LogP contribution is 2.24. The largest absolute Gasteiger partial charge is 0.462 e. The molecular weight excluding hydrogens is 364 g/mol. The Bertz CT molecular complexity index is 803. The van der Waals surface area contributed by atoms with Crippen LogP contribution in [-0.4, -0.2) is 27.1 Å². The quantitative estimate of drug-likeness (QED) is 0.443. The second-order valence-electron chi connectivity index (χ2n) is 6.32. The van der Waals surface area contributed by atoms with Crippen LogP contribution in [0.1, 0.15) is 43.5 Å². The summed E-state index contributed by atoms with van der Waals surface area (Å²) in [7, 11) is -3.87. The fourth-order valence-electron chi connectivity index (χ4n) is 2.78. The maximum Gasteiger partial charge on any atom is 0.338 e. The fraction of sp³-hybridized carbons (Fsp3) is 0.381. The molecule has 0 saturated carbocycles. The number of hydrogen-bond acceptors (Lipinski definition) is 5. The molecule has 0 saturated heterocycles. The lowest BCUT2D eigenvalue weighted by Crippen LogP contribution is -2.31. The summed E-state index contributed by atoms with van der Waals surface area (Å²) < 4.78 is 36.1. The highest BCUT2D eigenvalue weighted by atomic mass is 32.2. The van der Waals surface area contributed by atoms with Crippen LogP contribution in [0.5, 0.6) is 0 Å². The molecule has 146 valence electrons. The van der Waals surface area contributed by atoms with Gasteiger partial charge in [0.25, 0.3) is 10.1 Å². The van der Waals surface area contributed by atoms with Crippen LogP contribution in [0.3, 0.4) is 0 Å². The van der Waals surface area contributed by atoms with Crippen LogP contribution < -0.4 is 0 Å². The Labute approximate surface area is 161 Å². The minimum atomic E-state index is -3.87. The summed E-state index contributed by atoms with van der Waals surface area (Å²) >= 11 is 0.